The van der Waals surface area contributed by atoms with Crippen LogP contribution in [-0.2, 0) is 0 Å². The van der Waals surface area contributed by atoms with E-state index >= 15 is 0 Å². The van der Waals surface area contributed by atoms with E-state index in [2.05, 4.69) is 33.5 Å². The van der Waals surface area contributed by atoms with Crippen LogP contribution in [0.3, 0.4) is 0 Å². The molecule has 0 saturated heterocycles. The van der Waals surface area contributed by atoms with E-state index in [4.69, 9.17) is 0 Å². The zero-order valence-electron chi connectivity index (χ0n) is 7.12. The fraction of sp³-hybridized carbons (Fsp3) is 0.714. The molecule has 0 saturated carbocycles. The minimum absolute atomic E-state index is 0.841. The van der Waals surface area contributed by atoms with Crippen molar-refractivity contribution in [3.63, 3.8) is 0 Å². The molecule has 9 heavy (non-hydrogen) atoms. The summed E-state index contributed by atoms with van der Waals surface area (Å²) >= 11 is 0. The molecule has 0 heterocycles. The summed E-state index contributed by atoms with van der Waals surface area (Å²) in [6, 6.07) is 0. The summed E-state index contributed by atoms with van der Waals surface area (Å²) < 4.78 is 0. The van der Waals surface area contributed by atoms with E-state index in [1.54, 1.807) is 0 Å². The first-order valence-electron chi connectivity index (χ1n) is 3.62. The number of allylic oxidation sites excluding steroid dienone is 1. The fourth-order valence-electron chi connectivity index (χ4n) is 0.875. The van der Waals surface area contributed by atoms with E-state index in [-0.39, 0.29) is 0 Å². The molecule has 2 heteroatoms. The molecule has 0 unspecified atom stereocenters. The van der Waals surface area contributed by atoms with Crippen LogP contribution in [0, 0.1) is 0 Å². The Morgan fingerprint density at radius 2 is 1.89 bits per heavy atom. The van der Waals surface area contributed by atoms with Gasteiger partial charge < -0.3 is 0 Å². The van der Waals surface area contributed by atoms with Gasteiger partial charge in [-0.05, 0) is 0 Å². The van der Waals surface area contributed by atoms with Crippen LogP contribution in [0.25, 0.3) is 0 Å². The van der Waals surface area contributed by atoms with Gasteiger partial charge in [0.2, 0.25) is 0 Å². The van der Waals surface area contributed by atoms with Crippen molar-refractivity contribution in [1.29, 1.82) is 0 Å². The second-order valence-electron chi connectivity index (χ2n) is 3.84. The standard InChI is InChI=1S/C7H18BP/c1-6-7(2)8-9(3,4)5/h8-9H,2,6H2,1,3-5H3. The van der Waals surface area contributed by atoms with Crippen molar-refractivity contribution in [3.8, 4) is 0 Å². The quantitative estimate of drug-likeness (QED) is 0.419. The summed E-state index contributed by atoms with van der Waals surface area (Å²) in [5.41, 5.74) is 1.43. The van der Waals surface area contributed by atoms with E-state index in [1.165, 1.54) is 12.5 Å². The van der Waals surface area contributed by atoms with Gasteiger partial charge in [-0.25, -0.2) is 0 Å². The molecule has 0 N–H and O–H groups in total. The molecule has 0 fully saturated rings. The average molecular weight is 144 g/mol. The SMILES string of the molecule is C=C(B[PH](C)(C)C)CC. The topological polar surface area (TPSA) is 0 Å². The molecule has 0 aromatic heterocycles. The summed E-state index contributed by atoms with van der Waals surface area (Å²) in [7, 11) is -0.841. The molecule has 0 radical (unpaired) electrons. The van der Waals surface area contributed by atoms with Gasteiger partial charge in [-0.2, -0.15) is 0 Å². The molecule has 0 aliphatic carbocycles. The minimum atomic E-state index is -0.841. The van der Waals surface area contributed by atoms with Gasteiger partial charge in [-0.15, -0.1) is 0 Å². The predicted octanol–water partition coefficient (Wildman–Crippen LogP) is 1.90. The van der Waals surface area contributed by atoms with Gasteiger partial charge in [0.05, 0.1) is 0 Å². The van der Waals surface area contributed by atoms with Crippen LogP contribution in [0.4, 0.5) is 0 Å². The predicted molar refractivity (Wildman–Crippen MR) is 52.7 cm³/mol. The summed E-state index contributed by atoms with van der Waals surface area (Å²) in [6.07, 6.45) is 1.16. The van der Waals surface area contributed by atoms with E-state index < -0.39 is 7.14 Å². The summed E-state index contributed by atoms with van der Waals surface area (Å²) in [4.78, 5) is 0. The third kappa shape index (κ3) is 6.12. The number of rotatable bonds is 3. The Morgan fingerprint density at radius 1 is 1.44 bits per heavy atom. The molecule has 0 bridgehead atoms. The van der Waals surface area contributed by atoms with Crippen LogP contribution in [0.1, 0.15) is 13.3 Å². The Kier molecular flexibility index (Phi) is 3.50. The maximum atomic E-state index is 3.99. The molecule has 0 nitrogen and oxygen atoms in total. The first kappa shape index (κ1) is 9.23. The van der Waals surface area contributed by atoms with E-state index in [1.807, 2.05) is 0 Å². The molecule has 0 aromatic carbocycles. The third-order valence-electron chi connectivity index (χ3n) is 1.28. The molecule has 0 aromatic rings. The van der Waals surface area contributed by atoms with Crippen molar-refractivity contribution in [2.24, 2.45) is 0 Å². The van der Waals surface area contributed by atoms with Crippen molar-refractivity contribution in [2.75, 3.05) is 20.0 Å². The molecule has 54 valence electrons. The Hall–Kier alpha value is 0.235. The third-order valence-corrected chi connectivity index (χ3v) is 2.84. The first-order valence-corrected chi connectivity index (χ1v) is 7.33. The summed E-state index contributed by atoms with van der Waals surface area (Å²) in [6.45, 7) is 14.6. The second-order valence-corrected chi connectivity index (χ2v) is 9.32. The van der Waals surface area contributed by atoms with E-state index in [9.17, 15) is 0 Å². The van der Waals surface area contributed by atoms with Crippen molar-refractivity contribution >= 4 is 14.1 Å². The van der Waals surface area contributed by atoms with Crippen LogP contribution >= 0.6 is 7.14 Å². The molecule has 0 aliphatic heterocycles. The van der Waals surface area contributed by atoms with Gasteiger partial charge in [0, 0.05) is 0 Å². The molecule has 0 rings (SSSR count). The van der Waals surface area contributed by atoms with Crippen LogP contribution in [0.5, 0.6) is 0 Å². The Balaban J connectivity index is 3.60. The van der Waals surface area contributed by atoms with Gasteiger partial charge in [0.25, 0.3) is 0 Å². The maximum absolute atomic E-state index is 3.99. The van der Waals surface area contributed by atoms with E-state index in [0.717, 1.165) is 6.42 Å². The monoisotopic (exact) mass is 144 g/mol. The zero-order chi connectivity index (χ0) is 7.49. The Bertz CT molecular complexity index is 102. The van der Waals surface area contributed by atoms with Gasteiger partial charge in [0.1, 0.15) is 0 Å². The van der Waals surface area contributed by atoms with Gasteiger partial charge in [0.15, 0.2) is 0 Å². The van der Waals surface area contributed by atoms with Crippen LogP contribution in [0.15, 0.2) is 12.1 Å². The van der Waals surface area contributed by atoms with Crippen LogP contribution in [-0.4, -0.2) is 27.0 Å². The molecular weight excluding hydrogens is 126 g/mol. The molecular formula is C7H18BP. The molecule has 0 amide bonds. The normalized spacial score (nSPS) is 12.9. The fourth-order valence-corrected chi connectivity index (χ4v) is 2.62. The van der Waals surface area contributed by atoms with Gasteiger partial charge >= 0.3 is 59.5 Å². The van der Waals surface area contributed by atoms with Crippen molar-refractivity contribution < 1.29 is 0 Å². The van der Waals surface area contributed by atoms with Crippen molar-refractivity contribution in [1.82, 2.24) is 0 Å². The van der Waals surface area contributed by atoms with E-state index in [0.29, 0.717) is 0 Å². The second kappa shape index (κ2) is 3.41. The number of hydrogen-bond acceptors (Lipinski definition) is 0. The van der Waals surface area contributed by atoms with Gasteiger partial charge in [-0.1, -0.05) is 0 Å². The first-order chi connectivity index (χ1) is 3.95. The summed E-state index contributed by atoms with van der Waals surface area (Å²) in [5, 5.41) is 0. The summed E-state index contributed by atoms with van der Waals surface area (Å²) in [5.74, 6) is 0. The van der Waals surface area contributed by atoms with Gasteiger partial charge in [-0.3, -0.25) is 0 Å². The van der Waals surface area contributed by atoms with Crippen molar-refractivity contribution in [2.45, 2.75) is 13.3 Å². The zero-order valence-corrected chi connectivity index (χ0v) is 8.12. The Labute approximate surface area is 60.3 Å². The average Bonchev–Trinajstić information content (AvgIpc) is 1.62. The molecule has 0 atom stereocenters. The molecule has 0 spiro atoms. The van der Waals surface area contributed by atoms with Crippen LogP contribution < -0.4 is 0 Å². The molecule has 0 aliphatic rings. The Morgan fingerprint density at radius 3 is 2.00 bits per heavy atom. The van der Waals surface area contributed by atoms with Crippen molar-refractivity contribution in [3.05, 3.63) is 12.1 Å². The van der Waals surface area contributed by atoms with Crippen LogP contribution in [0.2, 0.25) is 0 Å². The number of hydrogen-bond donors (Lipinski definition) is 0.